The molecule has 0 atom stereocenters. The number of hydrogen-bond donors (Lipinski definition) is 4. The smallest absolute Gasteiger partial charge is 0.164 e. The summed E-state index contributed by atoms with van der Waals surface area (Å²) < 4.78 is 42.2. The third kappa shape index (κ3) is 10.5. The molecule has 0 radical (unpaired) electrons. The maximum atomic E-state index is 12.0. The zero-order valence-electron chi connectivity index (χ0n) is 45.2. The second-order valence-corrected chi connectivity index (χ2v) is 19.3. The molecule has 0 unspecified atom stereocenters. The van der Waals surface area contributed by atoms with Crippen LogP contribution in [0.4, 0.5) is 0 Å². The Bertz CT molecular complexity index is 4310. The van der Waals surface area contributed by atoms with Crippen LogP contribution in [0.3, 0.4) is 0 Å². The number of hydrogen-bond acceptors (Lipinski definition) is 20. The van der Waals surface area contributed by atoms with Gasteiger partial charge in [0.05, 0.1) is 47.8 Å². The molecule has 0 amide bonds. The molecule has 8 aromatic rings. The van der Waals surface area contributed by atoms with Gasteiger partial charge < -0.3 is 53.6 Å². The van der Waals surface area contributed by atoms with Gasteiger partial charge in [0.2, 0.25) is 0 Å². The van der Waals surface area contributed by atoms with Gasteiger partial charge in [0.15, 0.2) is 53.0 Å². The summed E-state index contributed by atoms with van der Waals surface area (Å²) in [7, 11) is 4.56. The van der Waals surface area contributed by atoms with Crippen LogP contribution in [-0.4, -0.2) is 94.7 Å². The SMILES string of the molecule is COc1cc(Oc2ccc3c(c2)C2=NC4=NC(=NC5=NC(=NC6=NC(=NC3=N2)c2cc(Oc3ccc(CO)c(OC)c3)ccc26)c2cc(Oc3ccc(CO)c(OC)c3)ccc25)c2cc(Oc3ccc(CO)c(C=O)c3)ccc24)ccc1CO.[Ni]. The molecule has 8 aromatic carbocycles. The van der Waals surface area contributed by atoms with E-state index in [1.54, 1.807) is 115 Å². The Morgan fingerprint density at radius 1 is 0.306 bits per heavy atom. The average Bonchev–Trinajstić information content (AvgIpc) is 3.24. The number of aliphatic imine (C=N–C) groups is 8. The predicted octanol–water partition coefficient (Wildman–Crippen LogP) is 9.80. The average molecular weight is 1180 g/mol. The van der Waals surface area contributed by atoms with Crippen LogP contribution >= 0.6 is 0 Å². The van der Waals surface area contributed by atoms with Gasteiger partial charge in [-0.05, 0) is 127 Å². The number of amidine groups is 8. The van der Waals surface area contributed by atoms with Crippen LogP contribution < -0.4 is 33.2 Å². The van der Waals surface area contributed by atoms with Crippen LogP contribution in [0.2, 0.25) is 0 Å². The van der Waals surface area contributed by atoms with Gasteiger partial charge in [-0.25, -0.2) is 39.9 Å². The molecule has 20 nitrogen and oxygen atoms in total. The molecule has 0 spiro atoms. The van der Waals surface area contributed by atoms with Crippen molar-refractivity contribution in [1.82, 2.24) is 0 Å². The van der Waals surface area contributed by atoms with Crippen molar-refractivity contribution in [3.8, 4) is 63.2 Å². The van der Waals surface area contributed by atoms with E-state index in [0.29, 0.717) is 136 Å². The number of carbonyl (C=O) groups is 1. The molecule has 424 valence electrons. The molecular formula is C64H46N8NiO12. The number of aliphatic hydroxyl groups excluding tert-OH is 4. The van der Waals surface area contributed by atoms with E-state index < -0.39 is 0 Å². The number of aliphatic hydroxyl groups is 4. The minimum atomic E-state index is -0.318. The molecule has 21 heteroatoms. The van der Waals surface area contributed by atoms with E-state index in [0.717, 1.165) is 0 Å². The molecule has 8 bridgehead atoms. The van der Waals surface area contributed by atoms with Crippen LogP contribution in [0.5, 0.6) is 63.2 Å². The van der Waals surface area contributed by atoms with Gasteiger partial charge in [-0.1, -0.05) is 6.07 Å². The fourth-order valence-corrected chi connectivity index (χ4v) is 10.0. The van der Waals surface area contributed by atoms with Crippen molar-refractivity contribution < 1.29 is 74.9 Å². The van der Waals surface area contributed by atoms with Gasteiger partial charge in [-0.15, -0.1) is 0 Å². The van der Waals surface area contributed by atoms with Gasteiger partial charge in [-0.3, -0.25) is 4.79 Å². The summed E-state index contributed by atoms with van der Waals surface area (Å²) in [6.45, 7) is -0.970. The van der Waals surface area contributed by atoms with E-state index in [1.165, 1.54) is 21.3 Å². The van der Waals surface area contributed by atoms with Gasteiger partial charge in [0.1, 0.15) is 63.2 Å². The quantitative estimate of drug-likeness (QED) is 0.0520. The molecule has 85 heavy (non-hydrogen) atoms. The molecule has 5 heterocycles. The molecular weight excluding hydrogens is 1130 g/mol. The number of nitrogens with zero attached hydrogens (tertiary/aromatic N) is 8. The van der Waals surface area contributed by atoms with Crippen LogP contribution in [0, 0.1) is 0 Å². The first kappa shape index (κ1) is 55.3. The van der Waals surface area contributed by atoms with Crippen LogP contribution in [0.25, 0.3) is 0 Å². The number of fused-ring (bicyclic) bond motifs is 16. The zero-order chi connectivity index (χ0) is 57.6. The molecule has 4 N–H and O–H groups in total. The molecule has 0 saturated carbocycles. The maximum absolute atomic E-state index is 12.0. The van der Waals surface area contributed by atoms with E-state index in [1.807, 2.05) is 30.3 Å². The van der Waals surface area contributed by atoms with E-state index >= 15 is 0 Å². The Balaban J connectivity index is 0.00000709. The first-order valence-electron chi connectivity index (χ1n) is 26.2. The largest absolute Gasteiger partial charge is 0.496 e. The van der Waals surface area contributed by atoms with Crippen LogP contribution in [0.1, 0.15) is 77.1 Å². The normalized spacial score (nSPS) is 13.8. The first-order valence-corrected chi connectivity index (χ1v) is 26.2. The van der Waals surface area contributed by atoms with Crippen molar-refractivity contribution in [3.05, 3.63) is 218 Å². The third-order valence-corrected chi connectivity index (χ3v) is 14.2. The fourth-order valence-electron chi connectivity index (χ4n) is 10.0. The first-order chi connectivity index (χ1) is 41.1. The molecule has 0 saturated heterocycles. The van der Waals surface area contributed by atoms with Crippen LogP contribution in [-0.2, 0) is 42.9 Å². The van der Waals surface area contributed by atoms with E-state index in [9.17, 15) is 25.2 Å². The Kier molecular flexibility index (Phi) is 15.1. The molecule has 0 fully saturated rings. The van der Waals surface area contributed by atoms with E-state index in [-0.39, 0.29) is 95.2 Å². The maximum Gasteiger partial charge on any atom is 0.164 e. The fraction of sp³-hybridized carbons (Fsp3) is 0.109. The number of methoxy groups -OCH3 is 3. The molecule has 0 aromatic heterocycles. The Morgan fingerprint density at radius 3 is 0.776 bits per heavy atom. The standard InChI is InChI=1S/C64H46N8O12.Ni/c1-78-54-25-43(9-5-34(54)29-74)82-40-13-17-47-51(22-40)63-68-58(47)66-61-50-21-39(81-38-8-4-33(28-73)37(20-38)32-77)12-16-46(50)57(65-61)67-62-52-23-41(83-44-10-6-35(30-75)55(26-44)79-2)14-18-48(52)59(69-62)71-64-53-24-42(15-19-49(53)60(70-63)72-64)84-45-11-7-36(31-76)56(27-45)80-3;/h4-27,32,73-76H,28-31H2,1-3H3;. The summed E-state index contributed by atoms with van der Waals surface area (Å²) in [6.07, 6.45) is 0.663. The van der Waals surface area contributed by atoms with Crippen molar-refractivity contribution in [2.45, 2.75) is 26.4 Å². The van der Waals surface area contributed by atoms with Crippen molar-refractivity contribution >= 4 is 53.0 Å². The summed E-state index contributed by atoms with van der Waals surface area (Å²) in [5, 5.41) is 39.6. The predicted molar refractivity (Wildman–Crippen MR) is 313 cm³/mol. The minimum absolute atomic E-state index is 0. The second-order valence-electron chi connectivity index (χ2n) is 19.3. The Morgan fingerprint density at radius 2 is 0.529 bits per heavy atom. The van der Waals surface area contributed by atoms with Crippen molar-refractivity contribution in [2.24, 2.45) is 39.9 Å². The number of ether oxygens (including phenoxy) is 7. The number of rotatable bonds is 16. The van der Waals surface area contributed by atoms with Crippen molar-refractivity contribution in [1.29, 1.82) is 0 Å². The third-order valence-electron chi connectivity index (χ3n) is 14.2. The molecule has 5 aliphatic heterocycles. The summed E-state index contributed by atoms with van der Waals surface area (Å²) in [4.78, 5) is 53.0. The Labute approximate surface area is 494 Å². The van der Waals surface area contributed by atoms with E-state index in [4.69, 9.17) is 73.1 Å². The van der Waals surface area contributed by atoms with Gasteiger partial charge in [0, 0.05) is 101 Å². The summed E-state index contributed by atoms with van der Waals surface area (Å²) in [6, 6.07) is 41.9. The minimum Gasteiger partial charge on any atom is -0.496 e. The van der Waals surface area contributed by atoms with Crippen molar-refractivity contribution in [3.63, 3.8) is 0 Å². The zero-order valence-corrected chi connectivity index (χ0v) is 46.2. The van der Waals surface area contributed by atoms with Gasteiger partial charge in [-0.2, -0.15) is 0 Å². The van der Waals surface area contributed by atoms with Crippen LogP contribution in [0.15, 0.2) is 186 Å². The summed E-state index contributed by atoms with van der Waals surface area (Å²) >= 11 is 0. The second kappa shape index (κ2) is 23.2. The number of benzene rings is 8. The van der Waals surface area contributed by atoms with Gasteiger partial charge in [0.25, 0.3) is 0 Å². The molecule has 0 aliphatic carbocycles. The number of aldehydes is 1. The van der Waals surface area contributed by atoms with Gasteiger partial charge >= 0.3 is 0 Å². The molecule has 13 rings (SSSR count). The topological polar surface area (TPSA) is 261 Å². The monoisotopic (exact) mass is 1180 g/mol. The number of carbonyl (C=O) groups excluding carboxylic acids is 1. The summed E-state index contributed by atoms with van der Waals surface area (Å²) in [5.41, 5.74) is 7.10. The molecule has 5 aliphatic rings. The summed E-state index contributed by atoms with van der Waals surface area (Å²) in [5.74, 6) is 6.80. The Hall–Kier alpha value is -10.3. The van der Waals surface area contributed by atoms with Crippen molar-refractivity contribution in [2.75, 3.05) is 21.3 Å². The van der Waals surface area contributed by atoms with E-state index in [2.05, 4.69) is 0 Å².